The van der Waals surface area contributed by atoms with Gasteiger partial charge in [0.25, 0.3) is 14.2 Å². The molecule has 1 aromatic rings. The van der Waals surface area contributed by atoms with E-state index in [0.29, 0.717) is 24.9 Å². The molecule has 6 nitrogen and oxygen atoms in total. The fourth-order valence-electron chi connectivity index (χ4n) is 1.83. The lowest BCUT2D eigenvalue weighted by Crippen LogP contribution is -2.13. The molecule has 1 aliphatic rings. The van der Waals surface area contributed by atoms with Gasteiger partial charge >= 0.3 is 0 Å². The van der Waals surface area contributed by atoms with E-state index in [9.17, 15) is 8.42 Å². The standard InChI is InChI=1S/C9H14ClN3O3S/c1-6-5-7(6)8-11-12-9(17(10,14)15)13(8)3-4-16-2/h6-7H,3-5H2,1-2H3. The number of aromatic nitrogens is 3. The predicted molar refractivity (Wildman–Crippen MR) is 61.5 cm³/mol. The van der Waals surface area contributed by atoms with Gasteiger partial charge in [0.1, 0.15) is 5.82 Å². The van der Waals surface area contributed by atoms with Crippen LogP contribution in [-0.2, 0) is 20.3 Å². The molecule has 0 aliphatic heterocycles. The van der Waals surface area contributed by atoms with Crippen LogP contribution in [0.3, 0.4) is 0 Å². The summed E-state index contributed by atoms with van der Waals surface area (Å²) in [5, 5.41) is 7.43. The summed E-state index contributed by atoms with van der Waals surface area (Å²) in [7, 11) is 3.02. The van der Waals surface area contributed by atoms with Crippen molar-refractivity contribution in [2.75, 3.05) is 13.7 Å². The van der Waals surface area contributed by atoms with Crippen molar-refractivity contribution in [3.8, 4) is 0 Å². The lowest BCUT2D eigenvalue weighted by molar-refractivity contribution is 0.183. The summed E-state index contributed by atoms with van der Waals surface area (Å²) in [5.41, 5.74) is 0. The fraction of sp³-hybridized carbons (Fsp3) is 0.778. The van der Waals surface area contributed by atoms with Crippen molar-refractivity contribution in [2.45, 2.75) is 31.0 Å². The van der Waals surface area contributed by atoms with Crippen molar-refractivity contribution in [1.29, 1.82) is 0 Å². The highest BCUT2D eigenvalue weighted by Gasteiger charge is 2.39. The Morgan fingerprint density at radius 2 is 2.18 bits per heavy atom. The van der Waals surface area contributed by atoms with Crippen molar-refractivity contribution in [2.24, 2.45) is 5.92 Å². The molecule has 1 aliphatic carbocycles. The maximum absolute atomic E-state index is 11.4. The van der Waals surface area contributed by atoms with Gasteiger partial charge in [0, 0.05) is 30.3 Å². The van der Waals surface area contributed by atoms with Crippen molar-refractivity contribution in [1.82, 2.24) is 14.8 Å². The van der Waals surface area contributed by atoms with Crippen LogP contribution < -0.4 is 0 Å². The second kappa shape index (κ2) is 4.55. The SMILES string of the molecule is COCCn1c(C2CC2C)nnc1S(=O)(=O)Cl. The number of hydrogen-bond acceptors (Lipinski definition) is 5. The third kappa shape index (κ3) is 2.61. The number of rotatable bonds is 5. The third-order valence-electron chi connectivity index (χ3n) is 2.92. The van der Waals surface area contributed by atoms with Gasteiger partial charge in [0.05, 0.1) is 6.61 Å². The van der Waals surface area contributed by atoms with Crippen LogP contribution in [0, 0.1) is 5.92 Å². The Labute approximate surface area is 104 Å². The Balaban J connectivity index is 2.37. The van der Waals surface area contributed by atoms with E-state index in [-0.39, 0.29) is 11.1 Å². The maximum Gasteiger partial charge on any atom is 0.296 e. The normalized spacial score (nSPS) is 23.9. The van der Waals surface area contributed by atoms with Gasteiger partial charge in [-0.2, -0.15) is 0 Å². The Morgan fingerprint density at radius 1 is 1.53 bits per heavy atom. The van der Waals surface area contributed by atoms with Crippen LogP contribution in [0.15, 0.2) is 5.16 Å². The van der Waals surface area contributed by atoms with Gasteiger partial charge in [-0.1, -0.05) is 6.92 Å². The summed E-state index contributed by atoms with van der Waals surface area (Å²) in [6, 6.07) is 0. The van der Waals surface area contributed by atoms with Crippen LogP contribution >= 0.6 is 10.7 Å². The first-order chi connectivity index (χ1) is 7.95. The van der Waals surface area contributed by atoms with E-state index in [1.54, 1.807) is 11.7 Å². The minimum Gasteiger partial charge on any atom is -0.383 e. The van der Waals surface area contributed by atoms with Gasteiger partial charge in [0.15, 0.2) is 0 Å². The molecule has 8 heteroatoms. The number of hydrogen-bond donors (Lipinski definition) is 0. The lowest BCUT2D eigenvalue weighted by Gasteiger charge is -2.07. The van der Waals surface area contributed by atoms with E-state index in [4.69, 9.17) is 15.4 Å². The molecule has 1 saturated carbocycles. The van der Waals surface area contributed by atoms with E-state index in [1.165, 1.54) is 0 Å². The molecule has 0 saturated heterocycles. The fourth-order valence-corrected chi connectivity index (χ4v) is 2.76. The van der Waals surface area contributed by atoms with Gasteiger partial charge in [0.2, 0.25) is 0 Å². The topological polar surface area (TPSA) is 74.1 Å². The van der Waals surface area contributed by atoms with Crippen LogP contribution in [-0.4, -0.2) is 36.9 Å². The largest absolute Gasteiger partial charge is 0.383 e. The van der Waals surface area contributed by atoms with Crippen molar-refractivity contribution >= 4 is 19.7 Å². The first kappa shape index (κ1) is 12.8. The Hall–Kier alpha value is -0.660. The summed E-state index contributed by atoms with van der Waals surface area (Å²) < 4.78 is 29.2. The summed E-state index contributed by atoms with van der Waals surface area (Å²) in [6.45, 7) is 2.88. The van der Waals surface area contributed by atoms with Crippen LogP contribution in [0.1, 0.15) is 25.1 Å². The molecule has 1 heterocycles. The summed E-state index contributed by atoms with van der Waals surface area (Å²) in [6.07, 6.45) is 1.01. The molecule has 1 fully saturated rings. The zero-order chi connectivity index (χ0) is 12.6. The molecule has 0 radical (unpaired) electrons. The van der Waals surface area contributed by atoms with E-state index in [2.05, 4.69) is 17.1 Å². The smallest absolute Gasteiger partial charge is 0.296 e. The van der Waals surface area contributed by atoms with Crippen LogP contribution in [0.2, 0.25) is 0 Å². The molecule has 2 rings (SSSR count). The molecule has 1 aromatic heterocycles. The first-order valence-corrected chi connectivity index (χ1v) is 7.62. The molecule has 0 aromatic carbocycles. The quantitative estimate of drug-likeness (QED) is 0.751. The van der Waals surface area contributed by atoms with E-state index in [1.807, 2.05) is 0 Å². The van der Waals surface area contributed by atoms with Gasteiger partial charge in [-0.05, 0) is 12.3 Å². The Bertz CT molecular complexity index is 514. The maximum atomic E-state index is 11.4. The molecule has 17 heavy (non-hydrogen) atoms. The average Bonchev–Trinajstić information content (AvgIpc) is 2.78. The van der Waals surface area contributed by atoms with Crippen LogP contribution in [0.5, 0.6) is 0 Å². The molecule has 96 valence electrons. The van der Waals surface area contributed by atoms with E-state index < -0.39 is 9.05 Å². The second-order valence-electron chi connectivity index (χ2n) is 4.24. The third-order valence-corrected chi connectivity index (χ3v) is 4.08. The highest BCUT2D eigenvalue weighted by Crippen LogP contribution is 2.46. The number of ether oxygens (including phenoxy) is 1. The molecule has 0 spiro atoms. The lowest BCUT2D eigenvalue weighted by atomic mass is 10.3. The molecular formula is C9H14ClN3O3S. The Kier molecular flexibility index (Phi) is 3.42. The minimum atomic E-state index is -3.86. The molecule has 0 bridgehead atoms. The van der Waals surface area contributed by atoms with Crippen molar-refractivity contribution < 1.29 is 13.2 Å². The van der Waals surface area contributed by atoms with Gasteiger partial charge in [-0.15, -0.1) is 10.2 Å². The highest BCUT2D eigenvalue weighted by atomic mass is 35.7. The zero-order valence-corrected chi connectivity index (χ0v) is 11.2. The van der Waals surface area contributed by atoms with E-state index >= 15 is 0 Å². The van der Waals surface area contributed by atoms with Crippen LogP contribution in [0.4, 0.5) is 0 Å². The van der Waals surface area contributed by atoms with Crippen LogP contribution in [0.25, 0.3) is 0 Å². The second-order valence-corrected chi connectivity index (χ2v) is 6.70. The first-order valence-electron chi connectivity index (χ1n) is 5.32. The van der Waals surface area contributed by atoms with Gasteiger partial charge in [-0.25, -0.2) is 8.42 Å². The van der Waals surface area contributed by atoms with E-state index in [0.717, 1.165) is 6.42 Å². The summed E-state index contributed by atoms with van der Waals surface area (Å²) in [4.78, 5) is 0. The summed E-state index contributed by atoms with van der Waals surface area (Å²) in [5.74, 6) is 1.49. The monoisotopic (exact) mass is 279 g/mol. The molecule has 0 N–H and O–H groups in total. The van der Waals surface area contributed by atoms with Crippen molar-refractivity contribution in [3.63, 3.8) is 0 Å². The highest BCUT2D eigenvalue weighted by molar-refractivity contribution is 8.13. The predicted octanol–water partition coefficient (Wildman–Crippen LogP) is 0.975. The summed E-state index contributed by atoms with van der Waals surface area (Å²) >= 11 is 0. The van der Waals surface area contributed by atoms with Gasteiger partial charge in [-0.3, -0.25) is 4.57 Å². The molecule has 0 amide bonds. The van der Waals surface area contributed by atoms with Crippen molar-refractivity contribution in [3.05, 3.63) is 5.82 Å². The average molecular weight is 280 g/mol. The molecule has 2 atom stereocenters. The van der Waals surface area contributed by atoms with Gasteiger partial charge < -0.3 is 4.74 Å². The zero-order valence-electron chi connectivity index (χ0n) is 9.63. The Morgan fingerprint density at radius 3 is 2.65 bits per heavy atom. The molecular weight excluding hydrogens is 266 g/mol. The number of nitrogens with zero attached hydrogens (tertiary/aromatic N) is 3. The number of methoxy groups -OCH3 is 1. The molecule has 2 unspecified atom stereocenters. The number of halogens is 1. The minimum absolute atomic E-state index is 0.190.